The number of rotatable bonds is 8. The van der Waals surface area contributed by atoms with E-state index in [0.717, 1.165) is 10.8 Å². The first-order valence-corrected chi connectivity index (χ1v) is 8.53. The van der Waals surface area contributed by atoms with Crippen molar-refractivity contribution in [3.63, 3.8) is 0 Å². The van der Waals surface area contributed by atoms with Gasteiger partial charge in [0.2, 0.25) is 0 Å². The lowest BCUT2D eigenvalue weighted by Gasteiger charge is -2.12. The topological polar surface area (TPSA) is 47.6 Å². The first kappa shape index (κ1) is 18.6. The normalized spacial score (nSPS) is 10.8. The fourth-order valence-electron chi connectivity index (χ4n) is 2.77. The van der Waals surface area contributed by atoms with Crippen molar-refractivity contribution in [3.8, 4) is 11.5 Å². The number of alkyl halides is 2. The average Bonchev–Trinajstić information content (AvgIpc) is 2.67. The number of amides is 1. The lowest BCUT2D eigenvalue weighted by Crippen LogP contribution is -2.30. The van der Waals surface area contributed by atoms with Gasteiger partial charge in [-0.2, -0.15) is 8.78 Å². The van der Waals surface area contributed by atoms with E-state index in [1.165, 1.54) is 6.07 Å². The summed E-state index contributed by atoms with van der Waals surface area (Å²) >= 11 is 0. The number of benzene rings is 3. The molecule has 0 bridgehead atoms. The molecular formula is C21H19F2NO3. The monoisotopic (exact) mass is 371 g/mol. The molecule has 27 heavy (non-hydrogen) atoms. The van der Waals surface area contributed by atoms with Crippen molar-refractivity contribution in [3.05, 3.63) is 72.3 Å². The third kappa shape index (κ3) is 5.17. The lowest BCUT2D eigenvalue weighted by atomic mass is 10.1. The van der Waals surface area contributed by atoms with Crippen LogP contribution < -0.4 is 14.8 Å². The van der Waals surface area contributed by atoms with Crippen LogP contribution in [0.3, 0.4) is 0 Å². The molecule has 0 saturated heterocycles. The molecule has 3 aromatic carbocycles. The quantitative estimate of drug-likeness (QED) is 0.646. The molecule has 140 valence electrons. The summed E-state index contributed by atoms with van der Waals surface area (Å²) in [6, 6.07) is 19.9. The Morgan fingerprint density at radius 3 is 2.48 bits per heavy atom. The van der Waals surface area contributed by atoms with Gasteiger partial charge in [0.1, 0.15) is 11.5 Å². The van der Waals surface area contributed by atoms with E-state index >= 15 is 0 Å². The van der Waals surface area contributed by atoms with Crippen LogP contribution in [0.15, 0.2) is 66.7 Å². The minimum Gasteiger partial charge on any atom is -0.483 e. The third-order valence-electron chi connectivity index (χ3n) is 4.01. The van der Waals surface area contributed by atoms with Crippen molar-refractivity contribution in [2.45, 2.75) is 13.0 Å². The molecule has 4 nitrogen and oxygen atoms in total. The summed E-state index contributed by atoms with van der Waals surface area (Å²) in [5, 5.41) is 4.69. The Bertz CT molecular complexity index is 909. The summed E-state index contributed by atoms with van der Waals surface area (Å²) in [6.45, 7) is -2.71. The summed E-state index contributed by atoms with van der Waals surface area (Å²) < 4.78 is 34.9. The van der Waals surface area contributed by atoms with Crippen LogP contribution in [0.2, 0.25) is 0 Å². The van der Waals surface area contributed by atoms with Gasteiger partial charge in [0.25, 0.3) is 5.91 Å². The highest BCUT2D eigenvalue weighted by atomic mass is 19.3. The summed E-state index contributed by atoms with van der Waals surface area (Å²) in [6.07, 6.45) is 0.378. The number of fused-ring (bicyclic) bond motifs is 1. The molecule has 0 aromatic heterocycles. The predicted octanol–water partition coefficient (Wildman–Crippen LogP) is 4.18. The number of nitrogens with one attached hydrogen (secondary N) is 1. The zero-order chi connectivity index (χ0) is 19.1. The van der Waals surface area contributed by atoms with E-state index in [0.29, 0.717) is 24.3 Å². The van der Waals surface area contributed by atoms with E-state index in [1.54, 1.807) is 18.2 Å². The Hall–Kier alpha value is -3.15. The molecule has 1 amide bonds. The first-order chi connectivity index (χ1) is 13.1. The van der Waals surface area contributed by atoms with Crippen molar-refractivity contribution in [2.24, 2.45) is 0 Å². The highest BCUT2D eigenvalue weighted by Crippen LogP contribution is 2.25. The number of carbonyl (C=O) groups excluding carboxylic acids is 1. The zero-order valence-corrected chi connectivity index (χ0v) is 14.5. The van der Waals surface area contributed by atoms with E-state index in [4.69, 9.17) is 4.74 Å². The van der Waals surface area contributed by atoms with Crippen molar-refractivity contribution in [1.29, 1.82) is 0 Å². The fraction of sp³-hybridized carbons (Fsp3) is 0.190. The summed E-state index contributed by atoms with van der Waals surface area (Å²) in [4.78, 5) is 12.0. The van der Waals surface area contributed by atoms with Gasteiger partial charge in [-0.15, -0.1) is 0 Å². The van der Waals surface area contributed by atoms with Gasteiger partial charge in [0.15, 0.2) is 6.61 Å². The molecule has 0 aliphatic rings. The Morgan fingerprint density at radius 1 is 0.926 bits per heavy atom. The molecule has 3 aromatic rings. The molecule has 0 unspecified atom stereocenters. The van der Waals surface area contributed by atoms with E-state index in [9.17, 15) is 13.6 Å². The van der Waals surface area contributed by atoms with Crippen LogP contribution in [-0.2, 0) is 11.2 Å². The maximum atomic E-state index is 12.4. The third-order valence-corrected chi connectivity index (χ3v) is 4.01. The molecule has 0 radical (unpaired) electrons. The second-order valence-electron chi connectivity index (χ2n) is 5.85. The van der Waals surface area contributed by atoms with Crippen LogP contribution in [0.1, 0.15) is 5.56 Å². The highest BCUT2D eigenvalue weighted by molar-refractivity contribution is 5.88. The molecule has 0 aliphatic heterocycles. The van der Waals surface area contributed by atoms with Gasteiger partial charge >= 0.3 is 6.61 Å². The first-order valence-electron chi connectivity index (χ1n) is 8.53. The zero-order valence-electron chi connectivity index (χ0n) is 14.5. The van der Waals surface area contributed by atoms with Crippen molar-refractivity contribution >= 4 is 16.7 Å². The van der Waals surface area contributed by atoms with E-state index in [2.05, 4.69) is 10.1 Å². The van der Waals surface area contributed by atoms with Crippen LogP contribution in [0.4, 0.5) is 8.78 Å². The molecule has 0 atom stereocenters. The van der Waals surface area contributed by atoms with Gasteiger partial charge in [-0.25, -0.2) is 0 Å². The molecule has 0 fully saturated rings. The molecule has 0 aliphatic carbocycles. The number of halogens is 2. The fourth-order valence-corrected chi connectivity index (χ4v) is 2.77. The van der Waals surface area contributed by atoms with E-state index in [1.807, 2.05) is 42.5 Å². The molecule has 0 spiro atoms. The van der Waals surface area contributed by atoms with Gasteiger partial charge in [-0.1, -0.05) is 54.6 Å². The summed E-state index contributed by atoms with van der Waals surface area (Å²) in [5.41, 5.74) is 0.605. The Balaban J connectivity index is 1.51. The van der Waals surface area contributed by atoms with Crippen LogP contribution in [-0.4, -0.2) is 25.7 Å². The van der Waals surface area contributed by atoms with Crippen LogP contribution in [0.25, 0.3) is 10.8 Å². The van der Waals surface area contributed by atoms with Crippen molar-refractivity contribution in [2.75, 3.05) is 13.2 Å². The van der Waals surface area contributed by atoms with Gasteiger partial charge < -0.3 is 14.8 Å². The van der Waals surface area contributed by atoms with Gasteiger partial charge in [0, 0.05) is 11.9 Å². The molecule has 0 heterocycles. The van der Waals surface area contributed by atoms with Gasteiger partial charge in [-0.05, 0) is 29.5 Å². The molecule has 3 rings (SSSR count). The molecule has 6 heteroatoms. The molecular weight excluding hydrogens is 352 g/mol. The number of para-hydroxylation sites is 1. The number of hydrogen-bond acceptors (Lipinski definition) is 3. The Kier molecular flexibility index (Phi) is 6.20. The highest BCUT2D eigenvalue weighted by Gasteiger charge is 2.10. The number of carbonyl (C=O) groups is 1. The SMILES string of the molecule is O=C(COc1cccc2ccccc12)NCCc1ccccc1OC(F)F. The van der Waals surface area contributed by atoms with Gasteiger partial charge in [0.05, 0.1) is 0 Å². The largest absolute Gasteiger partial charge is 0.483 e. The number of hydrogen-bond donors (Lipinski definition) is 1. The Morgan fingerprint density at radius 2 is 1.63 bits per heavy atom. The van der Waals surface area contributed by atoms with Crippen molar-refractivity contribution in [1.82, 2.24) is 5.32 Å². The Labute approximate surface area is 155 Å². The smallest absolute Gasteiger partial charge is 0.387 e. The lowest BCUT2D eigenvalue weighted by molar-refractivity contribution is -0.123. The summed E-state index contributed by atoms with van der Waals surface area (Å²) in [5.74, 6) is 0.475. The van der Waals surface area contributed by atoms with Crippen LogP contribution in [0.5, 0.6) is 11.5 Å². The second-order valence-corrected chi connectivity index (χ2v) is 5.85. The maximum absolute atomic E-state index is 12.4. The average molecular weight is 371 g/mol. The molecule has 1 N–H and O–H groups in total. The summed E-state index contributed by atoms with van der Waals surface area (Å²) in [7, 11) is 0. The van der Waals surface area contributed by atoms with Gasteiger partial charge in [-0.3, -0.25) is 4.79 Å². The van der Waals surface area contributed by atoms with Crippen LogP contribution >= 0.6 is 0 Å². The standard InChI is InChI=1S/C21H19F2NO3/c22-21(23)27-18-10-4-2-7-16(18)12-13-24-20(25)14-26-19-11-5-8-15-6-1-3-9-17(15)19/h1-11,21H,12-14H2,(H,24,25). The van der Waals surface area contributed by atoms with E-state index < -0.39 is 6.61 Å². The number of ether oxygens (including phenoxy) is 2. The maximum Gasteiger partial charge on any atom is 0.387 e. The minimum atomic E-state index is -2.88. The van der Waals surface area contributed by atoms with Crippen LogP contribution in [0, 0.1) is 0 Å². The minimum absolute atomic E-state index is 0.119. The second kappa shape index (κ2) is 8.98. The van der Waals surface area contributed by atoms with E-state index in [-0.39, 0.29) is 18.3 Å². The predicted molar refractivity (Wildman–Crippen MR) is 99.2 cm³/mol. The molecule has 0 saturated carbocycles. The van der Waals surface area contributed by atoms with Crippen molar-refractivity contribution < 1.29 is 23.0 Å².